The maximum absolute atomic E-state index is 12.1. The summed E-state index contributed by atoms with van der Waals surface area (Å²) in [4.78, 5) is 12.1. The van der Waals surface area contributed by atoms with E-state index in [-0.39, 0.29) is 11.9 Å². The normalized spacial score (nSPS) is 16.0. The Morgan fingerprint density at radius 2 is 2.05 bits per heavy atom. The second-order valence-electron chi connectivity index (χ2n) is 6.09. The number of unbranched alkanes of at least 4 members (excludes halogenated alkanes) is 4. The summed E-state index contributed by atoms with van der Waals surface area (Å²) in [5, 5.41) is 2.95. The van der Waals surface area contributed by atoms with Gasteiger partial charge < -0.3 is 11.1 Å². The van der Waals surface area contributed by atoms with Gasteiger partial charge in [0.05, 0.1) is 0 Å². The van der Waals surface area contributed by atoms with Crippen LogP contribution in [0, 0.1) is 0 Å². The van der Waals surface area contributed by atoms with Crippen molar-refractivity contribution in [3.05, 3.63) is 34.9 Å². The molecule has 3 nitrogen and oxygen atoms in total. The Morgan fingerprint density at radius 3 is 2.86 bits per heavy atom. The number of fused-ring (bicyclic) bond motifs is 1. The van der Waals surface area contributed by atoms with Crippen molar-refractivity contribution in [2.24, 2.45) is 5.73 Å². The first kappa shape index (κ1) is 16.0. The van der Waals surface area contributed by atoms with Crippen molar-refractivity contribution in [3.63, 3.8) is 0 Å². The molecule has 0 fully saturated rings. The van der Waals surface area contributed by atoms with Gasteiger partial charge in [-0.1, -0.05) is 51.2 Å². The SMILES string of the molecule is CCCCCCCC(N)c1ccc2c(c1)C(=O)NCCC2. The second-order valence-corrected chi connectivity index (χ2v) is 6.09. The van der Waals surface area contributed by atoms with Gasteiger partial charge in [-0.2, -0.15) is 0 Å². The van der Waals surface area contributed by atoms with E-state index in [0.717, 1.165) is 42.5 Å². The van der Waals surface area contributed by atoms with Gasteiger partial charge in [-0.25, -0.2) is 0 Å². The van der Waals surface area contributed by atoms with Gasteiger partial charge in [0.2, 0.25) is 0 Å². The minimum absolute atomic E-state index is 0.0491. The number of carbonyl (C=O) groups is 1. The maximum atomic E-state index is 12.1. The third-order valence-electron chi connectivity index (χ3n) is 4.33. The topological polar surface area (TPSA) is 55.1 Å². The Balaban J connectivity index is 1.95. The zero-order chi connectivity index (χ0) is 15.1. The highest BCUT2D eigenvalue weighted by molar-refractivity contribution is 5.96. The molecule has 1 amide bonds. The molecule has 1 atom stereocenters. The molecule has 0 aromatic heterocycles. The van der Waals surface area contributed by atoms with E-state index >= 15 is 0 Å². The third kappa shape index (κ3) is 4.57. The van der Waals surface area contributed by atoms with E-state index in [0.29, 0.717) is 0 Å². The lowest BCUT2D eigenvalue weighted by Gasteiger charge is -2.14. The summed E-state index contributed by atoms with van der Waals surface area (Å²) >= 11 is 0. The average Bonchev–Trinajstić information content (AvgIpc) is 2.68. The maximum Gasteiger partial charge on any atom is 0.251 e. The number of aryl methyl sites for hydroxylation is 1. The Bertz CT molecular complexity index is 470. The minimum Gasteiger partial charge on any atom is -0.352 e. The van der Waals surface area contributed by atoms with Crippen molar-refractivity contribution in [3.8, 4) is 0 Å². The molecule has 3 N–H and O–H groups in total. The fourth-order valence-electron chi connectivity index (χ4n) is 2.96. The molecule has 0 bridgehead atoms. The quantitative estimate of drug-likeness (QED) is 0.751. The van der Waals surface area contributed by atoms with Crippen molar-refractivity contribution in [2.45, 2.75) is 64.3 Å². The van der Waals surface area contributed by atoms with Gasteiger partial charge in [0.1, 0.15) is 0 Å². The fraction of sp³-hybridized carbons (Fsp3) is 0.611. The number of hydrogen-bond acceptors (Lipinski definition) is 2. The number of nitrogens with one attached hydrogen (secondary N) is 1. The second kappa shape index (κ2) is 8.18. The lowest BCUT2D eigenvalue weighted by atomic mass is 9.95. The molecule has 21 heavy (non-hydrogen) atoms. The van der Waals surface area contributed by atoms with Gasteiger partial charge >= 0.3 is 0 Å². The third-order valence-corrected chi connectivity index (χ3v) is 4.33. The number of benzene rings is 1. The van der Waals surface area contributed by atoms with Gasteiger partial charge in [0, 0.05) is 18.2 Å². The summed E-state index contributed by atoms with van der Waals surface area (Å²) in [6.07, 6.45) is 9.31. The molecular weight excluding hydrogens is 260 g/mol. The molecule has 1 aliphatic rings. The van der Waals surface area contributed by atoms with Gasteiger partial charge in [-0.05, 0) is 36.5 Å². The van der Waals surface area contributed by atoms with Gasteiger partial charge in [0.15, 0.2) is 0 Å². The molecule has 1 aromatic carbocycles. The lowest BCUT2D eigenvalue weighted by Crippen LogP contribution is -2.23. The lowest BCUT2D eigenvalue weighted by molar-refractivity contribution is 0.0956. The first-order chi connectivity index (χ1) is 10.2. The summed E-state index contributed by atoms with van der Waals surface area (Å²) in [7, 11) is 0. The van der Waals surface area contributed by atoms with Crippen LogP contribution >= 0.6 is 0 Å². The van der Waals surface area contributed by atoms with Crippen LogP contribution in [-0.2, 0) is 6.42 Å². The van der Waals surface area contributed by atoms with Crippen molar-refractivity contribution in [1.29, 1.82) is 0 Å². The van der Waals surface area contributed by atoms with Gasteiger partial charge in [-0.3, -0.25) is 4.79 Å². The number of carbonyl (C=O) groups excluding carboxylic acids is 1. The highest BCUT2D eigenvalue weighted by Crippen LogP contribution is 2.23. The molecule has 0 radical (unpaired) electrons. The molecule has 0 saturated heterocycles. The van der Waals surface area contributed by atoms with E-state index in [1.165, 1.54) is 32.1 Å². The van der Waals surface area contributed by atoms with Crippen LogP contribution in [0.4, 0.5) is 0 Å². The van der Waals surface area contributed by atoms with E-state index in [4.69, 9.17) is 5.73 Å². The molecule has 1 aromatic rings. The van der Waals surface area contributed by atoms with Crippen LogP contribution in [0.25, 0.3) is 0 Å². The van der Waals surface area contributed by atoms with Crippen LogP contribution in [0.15, 0.2) is 18.2 Å². The van der Waals surface area contributed by atoms with E-state index in [1.807, 2.05) is 6.07 Å². The van der Waals surface area contributed by atoms with Crippen LogP contribution < -0.4 is 11.1 Å². The summed E-state index contributed by atoms with van der Waals surface area (Å²) in [6, 6.07) is 6.25. The standard InChI is InChI=1S/C18H28N2O/c1-2-3-4-5-6-9-17(19)15-11-10-14-8-7-12-20-18(21)16(14)13-15/h10-11,13,17H,2-9,12,19H2,1H3,(H,20,21). The molecule has 0 aliphatic carbocycles. The summed E-state index contributed by atoms with van der Waals surface area (Å²) in [6.45, 7) is 3.00. The van der Waals surface area contributed by atoms with Crippen LogP contribution in [-0.4, -0.2) is 12.5 Å². The van der Waals surface area contributed by atoms with Crippen LogP contribution in [0.1, 0.15) is 79.4 Å². The smallest absolute Gasteiger partial charge is 0.251 e. The Hall–Kier alpha value is -1.35. The van der Waals surface area contributed by atoms with Crippen molar-refractivity contribution >= 4 is 5.91 Å². The Labute approximate surface area is 128 Å². The fourth-order valence-corrected chi connectivity index (χ4v) is 2.96. The van der Waals surface area contributed by atoms with E-state index in [2.05, 4.69) is 24.4 Å². The Morgan fingerprint density at radius 1 is 1.24 bits per heavy atom. The van der Waals surface area contributed by atoms with E-state index in [9.17, 15) is 4.79 Å². The van der Waals surface area contributed by atoms with Crippen LogP contribution in [0.5, 0.6) is 0 Å². The van der Waals surface area contributed by atoms with Crippen molar-refractivity contribution in [2.75, 3.05) is 6.54 Å². The first-order valence-corrected chi connectivity index (χ1v) is 8.39. The average molecular weight is 288 g/mol. The molecule has 0 saturated carbocycles. The molecule has 1 unspecified atom stereocenters. The Kier molecular flexibility index (Phi) is 6.24. The zero-order valence-electron chi connectivity index (χ0n) is 13.2. The predicted octanol–water partition coefficient (Wildman–Crippen LogP) is 3.72. The number of hydrogen-bond donors (Lipinski definition) is 2. The van der Waals surface area contributed by atoms with Gasteiger partial charge in [-0.15, -0.1) is 0 Å². The number of amides is 1. The molecule has 3 heteroatoms. The monoisotopic (exact) mass is 288 g/mol. The summed E-state index contributed by atoms with van der Waals surface area (Å²) in [5.74, 6) is 0.0551. The molecule has 1 aliphatic heterocycles. The van der Waals surface area contributed by atoms with Gasteiger partial charge in [0.25, 0.3) is 5.91 Å². The molecule has 116 valence electrons. The van der Waals surface area contributed by atoms with Crippen LogP contribution in [0.2, 0.25) is 0 Å². The van der Waals surface area contributed by atoms with Crippen LogP contribution in [0.3, 0.4) is 0 Å². The van der Waals surface area contributed by atoms with E-state index < -0.39 is 0 Å². The number of rotatable bonds is 7. The highest BCUT2D eigenvalue weighted by Gasteiger charge is 2.17. The highest BCUT2D eigenvalue weighted by atomic mass is 16.1. The predicted molar refractivity (Wildman–Crippen MR) is 87.4 cm³/mol. The van der Waals surface area contributed by atoms with E-state index in [1.54, 1.807) is 0 Å². The summed E-state index contributed by atoms with van der Waals surface area (Å²) < 4.78 is 0. The van der Waals surface area contributed by atoms with Crippen molar-refractivity contribution in [1.82, 2.24) is 5.32 Å². The minimum atomic E-state index is 0.0491. The molecule has 0 spiro atoms. The molecule has 1 heterocycles. The zero-order valence-corrected chi connectivity index (χ0v) is 13.2. The summed E-state index contributed by atoms with van der Waals surface area (Å²) in [5.41, 5.74) is 9.38. The largest absolute Gasteiger partial charge is 0.352 e. The number of nitrogens with two attached hydrogens (primary N) is 1. The molecule has 2 rings (SSSR count). The molecular formula is C18H28N2O. The first-order valence-electron chi connectivity index (χ1n) is 8.39. The van der Waals surface area contributed by atoms with Crippen molar-refractivity contribution < 1.29 is 4.79 Å².